The number of carbonyl (C=O) groups is 1. The van der Waals surface area contributed by atoms with Gasteiger partial charge >= 0.3 is 0 Å². The van der Waals surface area contributed by atoms with Crippen LogP contribution in [0.4, 0.5) is 0 Å². The van der Waals surface area contributed by atoms with E-state index in [4.69, 9.17) is 23.7 Å². The Bertz CT molecular complexity index is 1110. The monoisotopic (exact) mass is 444 g/mol. The third-order valence-electron chi connectivity index (χ3n) is 6.49. The van der Waals surface area contributed by atoms with Crippen molar-refractivity contribution >= 4 is 5.78 Å². The summed E-state index contributed by atoms with van der Waals surface area (Å²) in [4.78, 5) is 13.6. The van der Waals surface area contributed by atoms with Crippen LogP contribution in [-0.4, -0.2) is 66.3 Å². The molecule has 170 valence electrons. The molecule has 0 saturated heterocycles. The Morgan fingerprint density at radius 2 is 1.88 bits per heavy atom. The highest BCUT2D eigenvalue weighted by atomic mass is 16.6. The average molecular weight is 444 g/mol. The Hall–Kier alpha value is -3.01. The fourth-order valence-electron chi connectivity index (χ4n) is 4.53. The molecule has 5 rings (SSSR count). The van der Waals surface area contributed by atoms with Crippen LogP contribution < -0.4 is 23.7 Å². The number of carbonyl (C=O) groups excluding carboxylic acids is 1. The first-order valence-corrected chi connectivity index (χ1v) is 10.2. The van der Waals surface area contributed by atoms with Gasteiger partial charge in [0.1, 0.15) is 35.6 Å². The average Bonchev–Trinajstić information content (AvgIpc) is 3.25. The first-order chi connectivity index (χ1) is 15.2. The summed E-state index contributed by atoms with van der Waals surface area (Å²) in [5.74, 6) is 1.30. The van der Waals surface area contributed by atoms with Crippen LogP contribution in [0.3, 0.4) is 0 Å². The van der Waals surface area contributed by atoms with Crippen LogP contribution in [0.15, 0.2) is 24.3 Å². The number of fused-ring (bicyclic) bond motifs is 6. The van der Waals surface area contributed by atoms with Crippen molar-refractivity contribution in [2.45, 2.75) is 36.8 Å². The highest BCUT2D eigenvalue weighted by Gasteiger charge is 2.57. The molecular weight excluding hydrogens is 420 g/mol. The molecule has 2 aromatic carbocycles. The van der Waals surface area contributed by atoms with Crippen LogP contribution in [0.2, 0.25) is 0 Å². The number of hydrogen-bond donors (Lipinski definition) is 3. The number of aliphatic hydroxyl groups is 3. The van der Waals surface area contributed by atoms with E-state index in [1.807, 2.05) is 0 Å². The summed E-state index contributed by atoms with van der Waals surface area (Å²) in [5.41, 5.74) is -2.40. The predicted molar refractivity (Wildman–Crippen MR) is 110 cm³/mol. The summed E-state index contributed by atoms with van der Waals surface area (Å²) in [6.07, 6.45) is -1.46. The predicted octanol–water partition coefficient (Wildman–Crippen LogP) is 0.974. The number of hydrogen-bond acceptors (Lipinski definition) is 9. The van der Waals surface area contributed by atoms with E-state index in [-0.39, 0.29) is 24.2 Å². The number of aliphatic hydroxyl groups excluding tert-OH is 1. The molecule has 2 aromatic rings. The second-order valence-corrected chi connectivity index (χ2v) is 8.46. The third kappa shape index (κ3) is 2.71. The maximum Gasteiger partial charge on any atom is 0.206 e. The van der Waals surface area contributed by atoms with Crippen LogP contribution in [-0.2, 0) is 12.0 Å². The van der Waals surface area contributed by atoms with Crippen molar-refractivity contribution in [3.8, 4) is 28.7 Å². The summed E-state index contributed by atoms with van der Waals surface area (Å²) in [7, 11) is 2.95. The highest BCUT2D eigenvalue weighted by Crippen LogP contribution is 2.51. The molecule has 0 aromatic heterocycles. The molecule has 0 unspecified atom stereocenters. The van der Waals surface area contributed by atoms with Gasteiger partial charge in [-0.25, -0.2) is 0 Å². The summed E-state index contributed by atoms with van der Waals surface area (Å²) in [5, 5.41) is 31.6. The summed E-state index contributed by atoms with van der Waals surface area (Å²) >= 11 is 0. The Kier molecular flexibility index (Phi) is 4.56. The normalized spacial score (nSPS) is 26.9. The molecule has 3 aliphatic heterocycles. The minimum Gasteiger partial charge on any atom is -0.493 e. The van der Waals surface area contributed by atoms with Crippen molar-refractivity contribution in [1.29, 1.82) is 0 Å². The van der Waals surface area contributed by atoms with E-state index in [2.05, 4.69) is 0 Å². The van der Waals surface area contributed by atoms with Crippen LogP contribution >= 0.6 is 0 Å². The van der Waals surface area contributed by atoms with Crippen molar-refractivity contribution in [2.75, 3.05) is 27.4 Å². The van der Waals surface area contributed by atoms with Gasteiger partial charge in [-0.05, 0) is 25.1 Å². The quantitative estimate of drug-likeness (QED) is 0.633. The van der Waals surface area contributed by atoms with Gasteiger partial charge in [-0.1, -0.05) is 0 Å². The molecule has 0 bridgehead atoms. The first-order valence-electron chi connectivity index (χ1n) is 10.2. The lowest BCUT2D eigenvalue weighted by molar-refractivity contribution is -0.0805. The van der Waals surface area contributed by atoms with Crippen LogP contribution in [0.25, 0.3) is 0 Å². The van der Waals surface area contributed by atoms with E-state index in [0.717, 1.165) is 0 Å². The van der Waals surface area contributed by atoms with Crippen LogP contribution in [0, 0.1) is 0 Å². The fourth-order valence-corrected chi connectivity index (χ4v) is 4.53. The number of methoxy groups -OCH3 is 2. The number of Topliss-reactive ketones (excluding diaryl/α,β-unsaturated/α-hetero) is 1. The summed E-state index contributed by atoms with van der Waals surface area (Å²) in [6, 6.07) is 6.25. The number of benzene rings is 2. The highest BCUT2D eigenvalue weighted by molar-refractivity contribution is 6.07. The lowest BCUT2D eigenvalue weighted by Crippen LogP contribution is -2.57. The second-order valence-electron chi connectivity index (χ2n) is 8.46. The van der Waals surface area contributed by atoms with Gasteiger partial charge in [0.15, 0.2) is 23.2 Å². The summed E-state index contributed by atoms with van der Waals surface area (Å²) in [6.45, 7) is 0.937. The minimum absolute atomic E-state index is 0.0630. The zero-order chi connectivity index (χ0) is 22.8. The molecule has 0 radical (unpaired) electrons. The molecule has 0 amide bonds. The third-order valence-corrected chi connectivity index (χ3v) is 6.49. The molecule has 4 atom stereocenters. The number of ketones is 1. The topological polar surface area (TPSA) is 124 Å². The Balaban J connectivity index is 1.59. The molecule has 0 spiro atoms. The lowest BCUT2D eigenvalue weighted by atomic mass is 9.77. The van der Waals surface area contributed by atoms with Crippen molar-refractivity contribution in [3.63, 3.8) is 0 Å². The standard InChI is InChI=1S/C23H24O9/c1-22(26,10-24)18-6-12-14(31-18)5-4-11-20(12)32-19-9-30-15-8-17(29-3)16(28-2)7-13(15)23(19,27)21(11)25/h4-5,7-8,18-19,24,26-27H,6,9-10H2,1-3H3/t18-,19-,22+,23-/m1/s1. The summed E-state index contributed by atoms with van der Waals surface area (Å²) < 4.78 is 28.4. The number of rotatable bonds is 4. The van der Waals surface area contributed by atoms with Gasteiger partial charge in [-0.15, -0.1) is 0 Å². The van der Waals surface area contributed by atoms with Gasteiger partial charge in [0.25, 0.3) is 0 Å². The molecule has 3 N–H and O–H groups in total. The lowest BCUT2D eigenvalue weighted by Gasteiger charge is -2.43. The molecule has 32 heavy (non-hydrogen) atoms. The van der Waals surface area contributed by atoms with E-state index in [9.17, 15) is 20.1 Å². The Morgan fingerprint density at radius 3 is 2.56 bits per heavy atom. The van der Waals surface area contributed by atoms with Crippen LogP contribution in [0.1, 0.15) is 28.4 Å². The molecule has 0 saturated carbocycles. The van der Waals surface area contributed by atoms with Gasteiger partial charge in [0, 0.05) is 23.6 Å². The second kappa shape index (κ2) is 6.99. The minimum atomic E-state index is -1.98. The van der Waals surface area contributed by atoms with Crippen molar-refractivity contribution < 1.29 is 43.8 Å². The van der Waals surface area contributed by atoms with Gasteiger partial charge in [0.05, 0.1) is 26.4 Å². The maximum atomic E-state index is 13.6. The first kappa shape index (κ1) is 20.9. The smallest absolute Gasteiger partial charge is 0.206 e. The van der Waals surface area contributed by atoms with Gasteiger partial charge in [0.2, 0.25) is 5.78 Å². The van der Waals surface area contributed by atoms with Gasteiger partial charge < -0.3 is 39.0 Å². The largest absolute Gasteiger partial charge is 0.493 e. The van der Waals surface area contributed by atoms with E-state index in [1.54, 1.807) is 12.1 Å². The zero-order valence-corrected chi connectivity index (χ0v) is 17.9. The van der Waals surface area contributed by atoms with Crippen molar-refractivity contribution in [2.24, 2.45) is 0 Å². The zero-order valence-electron chi connectivity index (χ0n) is 17.9. The molecule has 0 fully saturated rings. The molecule has 9 heteroatoms. The Labute approximate surface area is 184 Å². The van der Waals surface area contributed by atoms with E-state index in [1.165, 1.54) is 33.3 Å². The molecule has 0 aliphatic carbocycles. The fraction of sp³-hybridized carbons (Fsp3) is 0.435. The number of ether oxygens (including phenoxy) is 5. The molecule has 3 aliphatic rings. The molecular formula is C23H24O9. The maximum absolute atomic E-state index is 13.6. The molecule has 3 heterocycles. The van der Waals surface area contributed by atoms with Gasteiger partial charge in [-0.3, -0.25) is 4.79 Å². The molecule has 9 nitrogen and oxygen atoms in total. The SMILES string of the molecule is COc1cc2c(cc1OC)[C@]1(O)C(=O)c3ccc4c(c3O[C@@H]1CO2)C[C@H]([C@@](C)(O)CO)O4. The van der Waals surface area contributed by atoms with E-state index in [0.29, 0.717) is 34.3 Å². The Morgan fingerprint density at radius 1 is 1.16 bits per heavy atom. The van der Waals surface area contributed by atoms with Gasteiger partial charge in [-0.2, -0.15) is 0 Å². The van der Waals surface area contributed by atoms with E-state index < -0.39 is 35.8 Å². The van der Waals surface area contributed by atoms with Crippen molar-refractivity contribution in [1.82, 2.24) is 0 Å². The van der Waals surface area contributed by atoms with E-state index >= 15 is 0 Å². The van der Waals surface area contributed by atoms with Crippen molar-refractivity contribution in [3.05, 3.63) is 41.0 Å². The van der Waals surface area contributed by atoms with Crippen LogP contribution in [0.5, 0.6) is 28.7 Å².